The molecule has 1 N–H and O–H groups in total. The van der Waals surface area contributed by atoms with E-state index in [1.165, 1.54) is 0 Å². The first-order chi connectivity index (χ1) is 11.0. The molecule has 0 unspecified atom stereocenters. The molecule has 1 radical (unpaired) electrons. The molecule has 7 heteroatoms. The quantitative estimate of drug-likeness (QED) is 0.200. The topological polar surface area (TPSA) is 20.2 Å². The summed E-state index contributed by atoms with van der Waals surface area (Å²) < 4.78 is 59.9. The van der Waals surface area contributed by atoms with Gasteiger partial charge in [-0.1, -0.05) is 0 Å². The average Bonchev–Trinajstić information content (AvgIpc) is 3.31. The van der Waals surface area contributed by atoms with Crippen molar-refractivity contribution in [2.24, 2.45) is 0 Å². The van der Waals surface area contributed by atoms with Gasteiger partial charge in [-0.05, 0) is 0 Å². The monoisotopic (exact) mass is 377 g/mol. The number of hydrogen-bond donors (Lipinski definition) is 1. The Labute approximate surface area is 152 Å². The number of aliphatic hydroxyl groups excluding tert-OH is 1. The van der Waals surface area contributed by atoms with Crippen LogP contribution in [-0.4, -0.2) is 12.2 Å². The zero-order valence-corrected chi connectivity index (χ0v) is 14.2. The second-order valence-electron chi connectivity index (χ2n) is 3.62. The maximum atomic E-state index is 12.0. The normalized spacial score (nSPS) is 8.29. The van der Waals surface area contributed by atoms with Crippen molar-refractivity contribution >= 4 is 0 Å². The minimum absolute atomic E-state index is 0. The van der Waals surface area contributed by atoms with Crippen LogP contribution in [0.4, 0.5) is 22.0 Å². The first kappa shape index (κ1) is 24.5. The van der Waals surface area contributed by atoms with Crippen molar-refractivity contribution < 1.29 is 48.8 Å². The summed E-state index contributed by atoms with van der Waals surface area (Å²) in [4.78, 5) is 0. The molecular formula is C17H14F5OTi. The molecule has 3 aromatic carbocycles. The van der Waals surface area contributed by atoms with Gasteiger partial charge in [-0.15, -0.1) is 6.07 Å². The Morgan fingerprint density at radius 2 is 0.958 bits per heavy atom. The van der Waals surface area contributed by atoms with Gasteiger partial charge in [0.2, 0.25) is 0 Å². The van der Waals surface area contributed by atoms with E-state index in [1.807, 2.05) is 60.7 Å². The van der Waals surface area contributed by atoms with Gasteiger partial charge >= 0.3 is 21.7 Å². The number of halogens is 5. The fraction of sp³-hybridized carbons (Fsp3) is 0.0588. The van der Waals surface area contributed by atoms with Gasteiger partial charge in [0.15, 0.2) is 0 Å². The zero-order chi connectivity index (χ0) is 17.7. The van der Waals surface area contributed by atoms with Gasteiger partial charge < -0.3 is 5.11 Å². The zero-order valence-electron chi connectivity index (χ0n) is 12.6. The Morgan fingerprint density at radius 3 is 1.17 bits per heavy atom. The van der Waals surface area contributed by atoms with E-state index < -0.39 is 29.1 Å². The minimum atomic E-state index is -2.17. The van der Waals surface area contributed by atoms with Gasteiger partial charge in [0.1, 0.15) is 0 Å². The summed E-state index contributed by atoms with van der Waals surface area (Å²) in [7, 11) is 1.00. The molecule has 0 amide bonds. The second kappa shape index (κ2) is 14.8. The standard InChI is InChI=1S/C6F5.2C5H5.CH4O.Ti/c7-2-1-3(8)5(10)6(11)4(2)9;2*1-2-4-5-3-1;1-2;/h;2*1-5H;2H,1H3;/q3*-1;;+3. The summed E-state index contributed by atoms with van der Waals surface area (Å²) in [6, 6.07) is 21.0. The van der Waals surface area contributed by atoms with Crippen molar-refractivity contribution in [1.29, 1.82) is 0 Å². The van der Waals surface area contributed by atoms with Gasteiger partial charge in [-0.3, -0.25) is 8.78 Å². The molecule has 0 saturated carbocycles. The van der Waals surface area contributed by atoms with E-state index in [4.69, 9.17) is 5.11 Å². The fourth-order valence-electron chi connectivity index (χ4n) is 1.14. The SMILES string of the molecule is CO.Fc1[c-]c(F)c(F)c(F)c1F.[Ti+3].c1cc[cH-]c1.c1cc[cH-]c1. The Balaban J connectivity index is 0. The Kier molecular flexibility index (Phi) is 15.1. The summed E-state index contributed by atoms with van der Waals surface area (Å²) in [5.74, 6) is -10.0. The molecule has 0 aliphatic heterocycles. The molecule has 0 spiro atoms. The van der Waals surface area contributed by atoms with Crippen LogP contribution in [0.3, 0.4) is 0 Å². The van der Waals surface area contributed by atoms with Crippen LogP contribution >= 0.6 is 0 Å². The molecule has 0 fully saturated rings. The van der Waals surface area contributed by atoms with Gasteiger partial charge in [-0.2, -0.15) is 36.4 Å². The maximum Gasteiger partial charge on any atom is 3.00 e. The first-order valence-electron chi connectivity index (χ1n) is 6.23. The molecule has 0 aromatic heterocycles. The van der Waals surface area contributed by atoms with E-state index in [0.29, 0.717) is 0 Å². The molecule has 0 atom stereocenters. The van der Waals surface area contributed by atoms with Crippen LogP contribution in [0.25, 0.3) is 0 Å². The van der Waals surface area contributed by atoms with Crippen LogP contribution in [0.5, 0.6) is 0 Å². The van der Waals surface area contributed by atoms with Crippen molar-refractivity contribution in [2.75, 3.05) is 7.11 Å². The Hall–Kier alpha value is -1.76. The summed E-state index contributed by atoms with van der Waals surface area (Å²) in [5.41, 5.74) is 0. The number of benzene rings is 1. The number of hydrogen-bond acceptors (Lipinski definition) is 1. The van der Waals surface area contributed by atoms with Crippen molar-refractivity contribution in [3.05, 3.63) is 95.8 Å². The van der Waals surface area contributed by atoms with Crippen LogP contribution in [0.1, 0.15) is 0 Å². The van der Waals surface area contributed by atoms with Crippen molar-refractivity contribution in [1.82, 2.24) is 0 Å². The van der Waals surface area contributed by atoms with Gasteiger partial charge in [0.25, 0.3) is 0 Å². The molecule has 0 saturated heterocycles. The van der Waals surface area contributed by atoms with Gasteiger partial charge in [0, 0.05) is 7.11 Å². The third kappa shape index (κ3) is 9.40. The van der Waals surface area contributed by atoms with Crippen LogP contribution in [0, 0.1) is 35.2 Å². The summed E-state index contributed by atoms with van der Waals surface area (Å²) in [5, 5.41) is 7.00. The van der Waals surface area contributed by atoms with E-state index in [0.717, 1.165) is 13.2 Å². The van der Waals surface area contributed by atoms with E-state index in [9.17, 15) is 22.0 Å². The van der Waals surface area contributed by atoms with E-state index in [-0.39, 0.29) is 21.7 Å². The van der Waals surface area contributed by atoms with Crippen molar-refractivity contribution in [2.45, 2.75) is 0 Å². The van der Waals surface area contributed by atoms with E-state index >= 15 is 0 Å². The van der Waals surface area contributed by atoms with E-state index in [1.54, 1.807) is 0 Å². The molecular weight excluding hydrogens is 363 g/mol. The third-order valence-electron chi connectivity index (χ3n) is 2.10. The van der Waals surface area contributed by atoms with Gasteiger partial charge in [-0.25, -0.2) is 37.4 Å². The molecule has 127 valence electrons. The molecule has 0 heterocycles. The van der Waals surface area contributed by atoms with Crippen LogP contribution in [0.2, 0.25) is 0 Å². The predicted molar refractivity (Wildman–Crippen MR) is 77.3 cm³/mol. The molecule has 24 heavy (non-hydrogen) atoms. The summed E-state index contributed by atoms with van der Waals surface area (Å²) in [6.07, 6.45) is 0. The predicted octanol–water partition coefficient (Wildman–Crippen LogP) is 4.60. The average molecular weight is 377 g/mol. The Morgan fingerprint density at radius 1 is 0.667 bits per heavy atom. The molecule has 1 nitrogen and oxygen atoms in total. The van der Waals surface area contributed by atoms with Gasteiger partial charge in [0.05, 0.1) is 29.1 Å². The number of aliphatic hydroxyl groups is 1. The van der Waals surface area contributed by atoms with Crippen LogP contribution in [0.15, 0.2) is 60.7 Å². The van der Waals surface area contributed by atoms with Crippen LogP contribution in [-0.2, 0) is 21.7 Å². The maximum absolute atomic E-state index is 12.0. The summed E-state index contributed by atoms with van der Waals surface area (Å²) in [6.45, 7) is 0. The number of rotatable bonds is 0. The Bertz CT molecular complexity index is 538. The smallest absolute Gasteiger partial charge is 0.400 e. The van der Waals surface area contributed by atoms with Crippen LogP contribution < -0.4 is 0 Å². The molecule has 0 aliphatic carbocycles. The summed E-state index contributed by atoms with van der Waals surface area (Å²) >= 11 is 0. The fourth-order valence-corrected chi connectivity index (χ4v) is 1.14. The van der Waals surface area contributed by atoms with E-state index in [2.05, 4.69) is 0 Å². The molecule has 0 aliphatic rings. The third-order valence-corrected chi connectivity index (χ3v) is 2.10. The van der Waals surface area contributed by atoms with Crippen molar-refractivity contribution in [3.63, 3.8) is 0 Å². The molecule has 0 bridgehead atoms. The second-order valence-corrected chi connectivity index (χ2v) is 3.62. The first-order valence-corrected chi connectivity index (χ1v) is 6.23. The largest absolute Gasteiger partial charge is 3.00 e. The molecule has 3 rings (SSSR count). The van der Waals surface area contributed by atoms with Crippen molar-refractivity contribution in [3.8, 4) is 0 Å². The minimum Gasteiger partial charge on any atom is -0.400 e. The molecule has 3 aromatic rings.